The van der Waals surface area contributed by atoms with E-state index in [4.69, 9.17) is 0 Å². The fraction of sp³-hybridized carbons (Fsp3) is 0.667. The van der Waals surface area contributed by atoms with Crippen LogP contribution in [0.15, 0.2) is 30.3 Å². The van der Waals surface area contributed by atoms with Gasteiger partial charge in [0, 0.05) is 25.6 Å². The summed E-state index contributed by atoms with van der Waals surface area (Å²) in [6.45, 7) is 4.30. The molecular weight excluding hydrogens is 296 g/mol. The fourth-order valence-corrected chi connectivity index (χ4v) is 5.08. The van der Waals surface area contributed by atoms with Crippen LogP contribution in [0.2, 0.25) is 0 Å². The van der Waals surface area contributed by atoms with Gasteiger partial charge in [0.05, 0.1) is 0 Å². The molecule has 130 valence electrons. The summed E-state index contributed by atoms with van der Waals surface area (Å²) in [5, 5.41) is 3.51. The normalized spacial score (nSPS) is 29.8. The maximum absolute atomic E-state index is 12.9. The molecule has 0 radical (unpaired) electrons. The van der Waals surface area contributed by atoms with Crippen molar-refractivity contribution in [2.45, 2.75) is 50.9 Å². The van der Waals surface area contributed by atoms with E-state index in [1.54, 1.807) is 0 Å². The van der Waals surface area contributed by atoms with E-state index in [1.165, 1.54) is 37.7 Å². The summed E-state index contributed by atoms with van der Waals surface area (Å²) in [6, 6.07) is 10.8. The SMILES string of the molecule is O=C(C1CCC(c2ccccc2)CC1)N1CCC2(CCNC2)CC1. The quantitative estimate of drug-likeness (QED) is 0.901. The van der Waals surface area contributed by atoms with Crippen LogP contribution in [0.1, 0.15) is 56.4 Å². The van der Waals surface area contributed by atoms with Gasteiger partial charge in [0.25, 0.3) is 0 Å². The van der Waals surface area contributed by atoms with Crippen molar-refractivity contribution in [1.29, 1.82) is 0 Å². The highest BCUT2D eigenvalue weighted by Crippen LogP contribution is 2.39. The Morgan fingerprint density at radius 3 is 2.33 bits per heavy atom. The molecule has 24 heavy (non-hydrogen) atoms. The van der Waals surface area contributed by atoms with Crippen LogP contribution in [0.25, 0.3) is 0 Å². The lowest BCUT2D eigenvalue weighted by atomic mass is 9.76. The lowest BCUT2D eigenvalue weighted by Crippen LogP contribution is -2.46. The summed E-state index contributed by atoms with van der Waals surface area (Å²) in [5.41, 5.74) is 1.96. The van der Waals surface area contributed by atoms with Gasteiger partial charge in [-0.15, -0.1) is 0 Å². The summed E-state index contributed by atoms with van der Waals surface area (Å²) in [4.78, 5) is 15.1. The summed E-state index contributed by atoms with van der Waals surface area (Å²) in [7, 11) is 0. The molecule has 2 saturated heterocycles. The second-order valence-corrected chi connectivity index (χ2v) is 8.21. The molecule has 1 saturated carbocycles. The Balaban J connectivity index is 1.29. The number of carbonyl (C=O) groups excluding carboxylic acids is 1. The lowest BCUT2D eigenvalue weighted by molar-refractivity contribution is -0.138. The van der Waals surface area contributed by atoms with Crippen LogP contribution in [0, 0.1) is 11.3 Å². The average Bonchev–Trinajstić information content (AvgIpc) is 3.11. The summed E-state index contributed by atoms with van der Waals surface area (Å²) in [6.07, 6.45) is 8.18. The Morgan fingerprint density at radius 1 is 1.00 bits per heavy atom. The molecular formula is C21H30N2O. The molecule has 0 unspecified atom stereocenters. The molecule has 1 aromatic carbocycles. The molecule has 0 aromatic heterocycles. The van der Waals surface area contributed by atoms with Crippen LogP contribution in [0.4, 0.5) is 0 Å². The molecule has 3 heteroatoms. The van der Waals surface area contributed by atoms with Crippen molar-refractivity contribution in [3.63, 3.8) is 0 Å². The largest absolute Gasteiger partial charge is 0.342 e. The molecule has 0 atom stereocenters. The summed E-state index contributed by atoms with van der Waals surface area (Å²) >= 11 is 0. The predicted octanol–water partition coefficient (Wildman–Crippen LogP) is 3.56. The van der Waals surface area contributed by atoms with E-state index in [-0.39, 0.29) is 5.92 Å². The van der Waals surface area contributed by atoms with Gasteiger partial charge in [-0.2, -0.15) is 0 Å². The van der Waals surface area contributed by atoms with Gasteiger partial charge in [-0.05, 0) is 68.4 Å². The molecule has 2 heterocycles. The van der Waals surface area contributed by atoms with Crippen molar-refractivity contribution < 1.29 is 4.79 Å². The highest BCUT2D eigenvalue weighted by Gasteiger charge is 2.39. The van der Waals surface area contributed by atoms with Crippen molar-refractivity contribution in [1.82, 2.24) is 10.2 Å². The highest BCUT2D eigenvalue weighted by atomic mass is 16.2. The Hall–Kier alpha value is -1.35. The predicted molar refractivity (Wildman–Crippen MR) is 96.9 cm³/mol. The van der Waals surface area contributed by atoms with E-state index in [2.05, 4.69) is 40.5 Å². The molecule has 3 aliphatic rings. The van der Waals surface area contributed by atoms with Gasteiger partial charge in [0.15, 0.2) is 0 Å². The van der Waals surface area contributed by atoms with Crippen molar-refractivity contribution >= 4 is 5.91 Å². The van der Waals surface area contributed by atoms with Crippen LogP contribution < -0.4 is 5.32 Å². The Labute approximate surface area is 145 Å². The zero-order valence-corrected chi connectivity index (χ0v) is 14.7. The van der Waals surface area contributed by atoms with Crippen LogP contribution in [0.3, 0.4) is 0 Å². The molecule has 1 aromatic rings. The van der Waals surface area contributed by atoms with E-state index in [0.29, 0.717) is 17.2 Å². The summed E-state index contributed by atoms with van der Waals surface area (Å²) < 4.78 is 0. The molecule has 1 amide bonds. The third kappa shape index (κ3) is 3.23. The first-order chi connectivity index (χ1) is 11.8. The number of carbonyl (C=O) groups is 1. The number of hydrogen-bond acceptors (Lipinski definition) is 2. The number of amides is 1. The smallest absolute Gasteiger partial charge is 0.225 e. The van der Waals surface area contributed by atoms with Gasteiger partial charge in [0.1, 0.15) is 0 Å². The maximum atomic E-state index is 12.9. The molecule has 1 N–H and O–H groups in total. The first-order valence-corrected chi connectivity index (χ1v) is 9.80. The van der Waals surface area contributed by atoms with Gasteiger partial charge in [-0.1, -0.05) is 30.3 Å². The second kappa shape index (κ2) is 6.87. The Morgan fingerprint density at radius 2 is 1.71 bits per heavy atom. The third-order valence-electron chi connectivity index (χ3n) is 6.82. The van der Waals surface area contributed by atoms with Gasteiger partial charge in [-0.25, -0.2) is 0 Å². The zero-order chi connectivity index (χ0) is 16.4. The first-order valence-electron chi connectivity index (χ1n) is 9.80. The molecule has 0 bridgehead atoms. The third-order valence-corrected chi connectivity index (χ3v) is 6.82. The van der Waals surface area contributed by atoms with E-state index in [0.717, 1.165) is 39.0 Å². The Kier molecular flexibility index (Phi) is 4.62. The van der Waals surface area contributed by atoms with Crippen molar-refractivity contribution in [3.05, 3.63) is 35.9 Å². The minimum atomic E-state index is 0.278. The van der Waals surface area contributed by atoms with E-state index in [1.807, 2.05) is 0 Å². The second-order valence-electron chi connectivity index (χ2n) is 8.21. The maximum Gasteiger partial charge on any atom is 0.225 e. The number of hydrogen-bond donors (Lipinski definition) is 1. The van der Waals surface area contributed by atoms with Gasteiger partial charge in [0.2, 0.25) is 5.91 Å². The minimum absolute atomic E-state index is 0.278. The van der Waals surface area contributed by atoms with Crippen LogP contribution in [0.5, 0.6) is 0 Å². The number of benzene rings is 1. The van der Waals surface area contributed by atoms with Crippen LogP contribution in [-0.2, 0) is 4.79 Å². The molecule has 3 fully saturated rings. The standard InChI is InChI=1S/C21H30N2O/c24-20(23-14-11-21(12-15-23)10-13-22-16-21)19-8-6-18(7-9-19)17-4-2-1-3-5-17/h1-5,18-19,22H,6-16H2. The topological polar surface area (TPSA) is 32.3 Å². The average molecular weight is 326 g/mol. The van der Waals surface area contributed by atoms with E-state index in [9.17, 15) is 4.79 Å². The van der Waals surface area contributed by atoms with Gasteiger partial charge >= 0.3 is 0 Å². The van der Waals surface area contributed by atoms with Crippen LogP contribution >= 0.6 is 0 Å². The lowest BCUT2D eigenvalue weighted by Gasteiger charge is -2.41. The monoisotopic (exact) mass is 326 g/mol. The van der Waals surface area contributed by atoms with E-state index < -0.39 is 0 Å². The fourth-order valence-electron chi connectivity index (χ4n) is 5.08. The number of piperidine rings is 1. The summed E-state index contributed by atoms with van der Waals surface area (Å²) in [5.74, 6) is 1.38. The molecule has 1 aliphatic carbocycles. The molecule has 3 nitrogen and oxygen atoms in total. The van der Waals surface area contributed by atoms with Crippen molar-refractivity contribution in [3.8, 4) is 0 Å². The molecule has 1 spiro atoms. The van der Waals surface area contributed by atoms with E-state index >= 15 is 0 Å². The number of likely N-dealkylation sites (tertiary alicyclic amines) is 1. The Bertz CT molecular complexity index is 546. The van der Waals surface area contributed by atoms with Crippen LogP contribution in [-0.4, -0.2) is 37.0 Å². The minimum Gasteiger partial charge on any atom is -0.342 e. The zero-order valence-electron chi connectivity index (χ0n) is 14.7. The molecule has 2 aliphatic heterocycles. The van der Waals surface area contributed by atoms with Crippen molar-refractivity contribution in [2.24, 2.45) is 11.3 Å². The number of nitrogens with zero attached hydrogens (tertiary/aromatic N) is 1. The molecule has 4 rings (SSSR count). The highest BCUT2D eigenvalue weighted by molar-refractivity contribution is 5.79. The number of rotatable bonds is 2. The van der Waals surface area contributed by atoms with Crippen molar-refractivity contribution in [2.75, 3.05) is 26.2 Å². The number of nitrogens with one attached hydrogen (secondary N) is 1. The van der Waals surface area contributed by atoms with Gasteiger partial charge < -0.3 is 10.2 Å². The van der Waals surface area contributed by atoms with Gasteiger partial charge in [-0.3, -0.25) is 4.79 Å². The first kappa shape index (κ1) is 16.1.